The second-order valence-corrected chi connectivity index (χ2v) is 4.51. The molecule has 1 heterocycles. The largest absolute Gasteiger partial charge is 0.377 e. The van der Waals surface area contributed by atoms with Crippen molar-refractivity contribution in [3.05, 3.63) is 5.82 Å². The minimum absolute atomic E-state index is 0.210. The first-order valence-electron chi connectivity index (χ1n) is 5.32. The van der Waals surface area contributed by atoms with Crippen LogP contribution in [0.2, 0.25) is 0 Å². The van der Waals surface area contributed by atoms with Gasteiger partial charge in [-0.1, -0.05) is 13.8 Å². The van der Waals surface area contributed by atoms with E-state index < -0.39 is 0 Å². The van der Waals surface area contributed by atoms with Crippen molar-refractivity contribution in [3.63, 3.8) is 0 Å². The molecule has 0 aromatic carbocycles. The molecule has 0 bridgehead atoms. The van der Waals surface area contributed by atoms with Crippen molar-refractivity contribution in [3.8, 4) is 0 Å². The minimum atomic E-state index is 0.210. The summed E-state index contributed by atoms with van der Waals surface area (Å²) in [4.78, 5) is 4.38. The van der Waals surface area contributed by atoms with E-state index in [0.29, 0.717) is 5.92 Å². The monoisotopic (exact) mass is 229 g/mol. The van der Waals surface area contributed by atoms with Crippen molar-refractivity contribution in [2.45, 2.75) is 39.7 Å². The van der Waals surface area contributed by atoms with Gasteiger partial charge in [-0.2, -0.15) is 4.37 Å². The van der Waals surface area contributed by atoms with E-state index in [1.807, 2.05) is 13.8 Å². The Bertz CT molecular complexity index is 288. The van der Waals surface area contributed by atoms with Crippen LogP contribution in [0.25, 0.3) is 0 Å². The summed E-state index contributed by atoms with van der Waals surface area (Å²) in [6.45, 7) is 9.75. The van der Waals surface area contributed by atoms with Gasteiger partial charge in [-0.05, 0) is 13.8 Å². The van der Waals surface area contributed by atoms with Crippen molar-refractivity contribution in [2.75, 3.05) is 18.5 Å². The van der Waals surface area contributed by atoms with Crippen LogP contribution in [0.4, 0.5) is 5.13 Å². The fourth-order valence-corrected chi connectivity index (χ4v) is 1.83. The molecule has 1 aromatic rings. The average Bonchev–Trinajstić information content (AvgIpc) is 2.63. The molecule has 15 heavy (non-hydrogen) atoms. The molecule has 1 atom stereocenters. The van der Waals surface area contributed by atoms with Crippen molar-refractivity contribution < 1.29 is 4.74 Å². The molecule has 1 unspecified atom stereocenters. The summed E-state index contributed by atoms with van der Waals surface area (Å²) in [5.41, 5.74) is 0. The molecule has 1 aromatic heterocycles. The van der Waals surface area contributed by atoms with Gasteiger partial charge < -0.3 is 10.1 Å². The number of ether oxygens (including phenoxy) is 1. The second-order valence-electron chi connectivity index (χ2n) is 3.76. The highest BCUT2D eigenvalue weighted by Crippen LogP contribution is 2.17. The Balaban J connectivity index is 2.37. The SMILES string of the molecule is CCOC(C)CNc1nc(C(C)C)ns1. The number of rotatable bonds is 6. The fraction of sp³-hybridized carbons (Fsp3) is 0.800. The molecular weight excluding hydrogens is 210 g/mol. The third-order valence-corrected chi connectivity index (χ3v) is 2.64. The summed E-state index contributed by atoms with van der Waals surface area (Å²) in [6, 6.07) is 0. The van der Waals surface area contributed by atoms with Crippen LogP contribution < -0.4 is 5.32 Å². The van der Waals surface area contributed by atoms with E-state index in [2.05, 4.69) is 28.5 Å². The Morgan fingerprint density at radius 1 is 1.40 bits per heavy atom. The fourth-order valence-electron chi connectivity index (χ4n) is 1.12. The highest BCUT2D eigenvalue weighted by atomic mass is 32.1. The summed E-state index contributed by atoms with van der Waals surface area (Å²) in [7, 11) is 0. The van der Waals surface area contributed by atoms with Crippen LogP contribution in [0.5, 0.6) is 0 Å². The molecule has 0 amide bonds. The highest BCUT2D eigenvalue weighted by molar-refractivity contribution is 7.09. The number of hydrogen-bond donors (Lipinski definition) is 1. The summed E-state index contributed by atoms with van der Waals surface area (Å²) < 4.78 is 9.68. The van der Waals surface area contributed by atoms with Gasteiger partial charge in [-0.25, -0.2) is 4.98 Å². The van der Waals surface area contributed by atoms with Crippen molar-refractivity contribution >= 4 is 16.7 Å². The molecule has 0 saturated heterocycles. The van der Waals surface area contributed by atoms with Gasteiger partial charge >= 0.3 is 0 Å². The van der Waals surface area contributed by atoms with Crippen LogP contribution in [0.3, 0.4) is 0 Å². The molecule has 86 valence electrons. The maximum Gasteiger partial charge on any atom is 0.202 e. The Morgan fingerprint density at radius 2 is 2.13 bits per heavy atom. The lowest BCUT2D eigenvalue weighted by Crippen LogP contribution is -2.19. The van der Waals surface area contributed by atoms with Crippen LogP contribution in [-0.4, -0.2) is 28.6 Å². The van der Waals surface area contributed by atoms with Crippen LogP contribution >= 0.6 is 11.5 Å². The average molecular weight is 229 g/mol. The molecule has 0 saturated carbocycles. The van der Waals surface area contributed by atoms with E-state index in [1.165, 1.54) is 11.5 Å². The Labute approximate surface area is 95.2 Å². The maximum absolute atomic E-state index is 5.41. The quantitative estimate of drug-likeness (QED) is 0.814. The number of hydrogen-bond acceptors (Lipinski definition) is 5. The third-order valence-electron chi connectivity index (χ3n) is 1.95. The summed E-state index contributed by atoms with van der Waals surface area (Å²) in [5, 5.41) is 4.10. The summed E-state index contributed by atoms with van der Waals surface area (Å²) >= 11 is 1.41. The first kappa shape index (κ1) is 12.4. The van der Waals surface area contributed by atoms with Gasteiger partial charge in [0.25, 0.3) is 0 Å². The number of anilines is 1. The van der Waals surface area contributed by atoms with Crippen LogP contribution in [0.1, 0.15) is 39.4 Å². The molecule has 0 aliphatic carbocycles. The number of nitrogens with zero attached hydrogens (tertiary/aromatic N) is 2. The first-order valence-corrected chi connectivity index (χ1v) is 6.09. The zero-order chi connectivity index (χ0) is 11.3. The third kappa shape index (κ3) is 4.13. The highest BCUT2D eigenvalue weighted by Gasteiger charge is 2.08. The Hall–Kier alpha value is -0.680. The van der Waals surface area contributed by atoms with E-state index in [1.54, 1.807) is 0 Å². The lowest BCUT2D eigenvalue weighted by atomic mass is 10.2. The lowest BCUT2D eigenvalue weighted by Gasteiger charge is -2.11. The van der Waals surface area contributed by atoms with Crippen molar-refractivity contribution in [1.29, 1.82) is 0 Å². The van der Waals surface area contributed by atoms with Crippen LogP contribution in [-0.2, 0) is 4.74 Å². The van der Waals surface area contributed by atoms with E-state index in [9.17, 15) is 0 Å². The van der Waals surface area contributed by atoms with Gasteiger partial charge in [0, 0.05) is 30.6 Å². The molecule has 0 radical (unpaired) electrons. The van der Waals surface area contributed by atoms with Gasteiger partial charge in [-0.3, -0.25) is 0 Å². The molecule has 0 aliphatic heterocycles. The molecule has 5 heteroatoms. The Kier molecular flexibility index (Phi) is 4.98. The van der Waals surface area contributed by atoms with Gasteiger partial charge in [0.1, 0.15) is 5.82 Å². The molecule has 0 aliphatic rings. The Morgan fingerprint density at radius 3 is 2.67 bits per heavy atom. The zero-order valence-corrected chi connectivity index (χ0v) is 10.6. The lowest BCUT2D eigenvalue weighted by molar-refractivity contribution is 0.0855. The van der Waals surface area contributed by atoms with Crippen LogP contribution in [0, 0.1) is 0 Å². The maximum atomic E-state index is 5.41. The molecule has 0 spiro atoms. The van der Waals surface area contributed by atoms with Gasteiger partial charge in [0.15, 0.2) is 0 Å². The molecule has 4 nitrogen and oxygen atoms in total. The van der Waals surface area contributed by atoms with Crippen molar-refractivity contribution in [2.24, 2.45) is 0 Å². The van der Waals surface area contributed by atoms with Crippen LogP contribution in [0.15, 0.2) is 0 Å². The van der Waals surface area contributed by atoms with E-state index >= 15 is 0 Å². The minimum Gasteiger partial charge on any atom is -0.377 e. The topological polar surface area (TPSA) is 47.0 Å². The van der Waals surface area contributed by atoms with Gasteiger partial charge in [0.2, 0.25) is 5.13 Å². The molecular formula is C10H19N3OS. The smallest absolute Gasteiger partial charge is 0.202 e. The first-order chi connectivity index (χ1) is 7.13. The predicted octanol–water partition coefficient (Wildman–Crippen LogP) is 2.50. The van der Waals surface area contributed by atoms with Gasteiger partial charge in [0.05, 0.1) is 6.10 Å². The van der Waals surface area contributed by atoms with Gasteiger partial charge in [-0.15, -0.1) is 0 Å². The number of nitrogens with one attached hydrogen (secondary N) is 1. The predicted molar refractivity (Wildman–Crippen MR) is 63.6 cm³/mol. The molecule has 0 fully saturated rings. The second kappa shape index (κ2) is 6.02. The van der Waals surface area contributed by atoms with E-state index in [-0.39, 0.29) is 6.10 Å². The molecule has 1 N–H and O–H groups in total. The number of aromatic nitrogens is 2. The van der Waals surface area contributed by atoms with Crippen molar-refractivity contribution in [1.82, 2.24) is 9.36 Å². The van der Waals surface area contributed by atoms with E-state index in [4.69, 9.17) is 4.74 Å². The normalized spacial score (nSPS) is 13.1. The summed E-state index contributed by atoms with van der Waals surface area (Å²) in [6.07, 6.45) is 0.210. The standard InChI is InChI=1S/C10H19N3OS/c1-5-14-8(4)6-11-10-12-9(7(2)3)13-15-10/h7-8H,5-6H2,1-4H3,(H,11,12,13). The molecule has 1 rings (SSSR count). The summed E-state index contributed by atoms with van der Waals surface area (Å²) in [5.74, 6) is 1.30. The zero-order valence-electron chi connectivity index (χ0n) is 9.78. The van der Waals surface area contributed by atoms with E-state index in [0.717, 1.165) is 24.1 Å².